The smallest absolute Gasteiger partial charge is 0.263 e. The van der Waals surface area contributed by atoms with Crippen molar-refractivity contribution in [3.05, 3.63) is 83.3 Å². The summed E-state index contributed by atoms with van der Waals surface area (Å²) in [6.07, 6.45) is 1.40. The van der Waals surface area contributed by atoms with E-state index in [0.717, 1.165) is 6.07 Å². The summed E-state index contributed by atoms with van der Waals surface area (Å²) in [6, 6.07) is 12.6. The number of nitrogens with one attached hydrogen (secondary N) is 1. The molecule has 156 valence electrons. The number of benzene rings is 2. The summed E-state index contributed by atoms with van der Waals surface area (Å²) in [7, 11) is -4.01. The second-order valence-corrected chi connectivity index (χ2v) is 8.67. The second kappa shape index (κ2) is 8.62. The van der Waals surface area contributed by atoms with Crippen LogP contribution < -0.4 is 9.46 Å². The van der Waals surface area contributed by atoms with Gasteiger partial charge in [0, 0.05) is 11.8 Å². The fourth-order valence-electron chi connectivity index (χ4n) is 2.76. The van der Waals surface area contributed by atoms with Crippen molar-refractivity contribution in [3.63, 3.8) is 0 Å². The SMILES string of the molecule is Cc1cnc(NS(=O)(=O)c2ccc(OC(C)C)cc2)c(C(=O)c2cccc(F)c2)c1. The lowest BCUT2D eigenvalue weighted by atomic mass is 10.0. The Morgan fingerprint density at radius 3 is 2.43 bits per heavy atom. The van der Waals surface area contributed by atoms with E-state index in [-0.39, 0.29) is 27.9 Å². The van der Waals surface area contributed by atoms with Gasteiger partial charge < -0.3 is 4.74 Å². The number of halogens is 1. The lowest BCUT2D eigenvalue weighted by Crippen LogP contribution is -2.17. The van der Waals surface area contributed by atoms with E-state index in [1.54, 1.807) is 19.1 Å². The summed E-state index contributed by atoms with van der Waals surface area (Å²) >= 11 is 0. The number of aromatic nitrogens is 1. The maximum absolute atomic E-state index is 13.5. The Balaban J connectivity index is 1.93. The number of sulfonamides is 1. The maximum Gasteiger partial charge on any atom is 0.263 e. The average molecular weight is 428 g/mol. The highest BCUT2D eigenvalue weighted by Crippen LogP contribution is 2.23. The third-order valence-corrected chi connectivity index (χ3v) is 5.45. The van der Waals surface area contributed by atoms with Crippen LogP contribution in [-0.2, 0) is 10.0 Å². The molecular weight excluding hydrogens is 407 g/mol. The molecule has 0 saturated heterocycles. The molecule has 0 aliphatic rings. The van der Waals surface area contributed by atoms with Gasteiger partial charge in [-0.3, -0.25) is 9.52 Å². The van der Waals surface area contributed by atoms with Gasteiger partial charge in [-0.2, -0.15) is 0 Å². The van der Waals surface area contributed by atoms with E-state index in [1.807, 2.05) is 13.8 Å². The van der Waals surface area contributed by atoms with Crippen molar-refractivity contribution < 1.29 is 22.3 Å². The second-order valence-electron chi connectivity index (χ2n) is 6.99. The van der Waals surface area contributed by atoms with Crippen molar-refractivity contribution in [3.8, 4) is 5.75 Å². The molecule has 1 aromatic heterocycles. The van der Waals surface area contributed by atoms with Crippen LogP contribution in [-0.4, -0.2) is 25.3 Å². The summed E-state index contributed by atoms with van der Waals surface area (Å²) in [5.74, 6) is -0.687. The molecule has 0 bridgehead atoms. The van der Waals surface area contributed by atoms with Crippen LogP contribution in [0.25, 0.3) is 0 Å². The summed E-state index contributed by atoms with van der Waals surface area (Å²) in [4.78, 5) is 17.0. The minimum atomic E-state index is -4.01. The van der Waals surface area contributed by atoms with Crippen molar-refractivity contribution in [1.82, 2.24) is 4.98 Å². The Hall–Kier alpha value is -3.26. The summed E-state index contributed by atoms with van der Waals surface area (Å²) in [5.41, 5.74) is 0.787. The molecule has 0 fully saturated rings. The Bertz CT molecular complexity index is 1180. The highest BCUT2D eigenvalue weighted by Gasteiger charge is 2.21. The zero-order valence-electron chi connectivity index (χ0n) is 16.7. The normalized spacial score (nSPS) is 11.4. The molecule has 0 spiro atoms. The van der Waals surface area contributed by atoms with Crippen molar-refractivity contribution >= 4 is 21.6 Å². The monoisotopic (exact) mass is 428 g/mol. The van der Waals surface area contributed by atoms with Gasteiger partial charge in [-0.25, -0.2) is 17.8 Å². The van der Waals surface area contributed by atoms with Crippen LogP contribution in [0.4, 0.5) is 10.2 Å². The van der Waals surface area contributed by atoms with Gasteiger partial charge in [-0.1, -0.05) is 12.1 Å². The Morgan fingerprint density at radius 1 is 1.10 bits per heavy atom. The van der Waals surface area contributed by atoms with Crippen LogP contribution in [0, 0.1) is 12.7 Å². The van der Waals surface area contributed by atoms with Gasteiger partial charge in [-0.15, -0.1) is 0 Å². The zero-order valence-corrected chi connectivity index (χ0v) is 17.5. The van der Waals surface area contributed by atoms with Crippen LogP contribution >= 0.6 is 0 Å². The Morgan fingerprint density at radius 2 is 1.80 bits per heavy atom. The van der Waals surface area contributed by atoms with Crippen LogP contribution in [0.5, 0.6) is 5.75 Å². The third kappa shape index (κ3) is 5.01. The number of ether oxygens (including phenoxy) is 1. The quantitative estimate of drug-likeness (QED) is 0.566. The van der Waals surface area contributed by atoms with E-state index in [4.69, 9.17) is 4.74 Å². The zero-order chi connectivity index (χ0) is 21.9. The van der Waals surface area contributed by atoms with Crippen molar-refractivity contribution in [1.29, 1.82) is 0 Å². The van der Waals surface area contributed by atoms with E-state index in [9.17, 15) is 17.6 Å². The average Bonchev–Trinajstić information content (AvgIpc) is 2.68. The van der Waals surface area contributed by atoms with Gasteiger partial charge in [0.05, 0.1) is 16.6 Å². The lowest BCUT2D eigenvalue weighted by molar-refractivity contribution is 0.103. The lowest BCUT2D eigenvalue weighted by Gasteiger charge is -2.13. The molecule has 8 heteroatoms. The fourth-order valence-corrected chi connectivity index (χ4v) is 3.79. The number of carbonyl (C=O) groups is 1. The number of pyridine rings is 1. The molecule has 0 aliphatic carbocycles. The minimum absolute atomic E-state index is 0.00913. The molecule has 1 N–H and O–H groups in total. The molecule has 0 aliphatic heterocycles. The standard InChI is InChI=1S/C22H21FN2O4S/c1-14(2)29-18-7-9-19(10-8-18)30(27,28)25-22-20(11-15(3)13-24-22)21(26)16-5-4-6-17(23)12-16/h4-14H,1-3H3,(H,24,25). The number of carbonyl (C=O) groups excluding carboxylic acids is 1. The van der Waals surface area contributed by atoms with Crippen molar-refractivity contribution in [2.75, 3.05) is 4.72 Å². The molecule has 0 radical (unpaired) electrons. The van der Waals surface area contributed by atoms with E-state index < -0.39 is 21.6 Å². The number of hydrogen-bond acceptors (Lipinski definition) is 5. The molecule has 6 nitrogen and oxygen atoms in total. The van der Waals surface area contributed by atoms with Crippen LogP contribution in [0.15, 0.2) is 65.7 Å². The molecule has 0 amide bonds. The third-order valence-electron chi connectivity index (χ3n) is 4.09. The summed E-state index contributed by atoms with van der Waals surface area (Å²) in [5, 5.41) is 0. The topological polar surface area (TPSA) is 85.4 Å². The van der Waals surface area contributed by atoms with Crippen molar-refractivity contribution in [2.45, 2.75) is 31.8 Å². The predicted molar refractivity (Wildman–Crippen MR) is 112 cm³/mol. The minimum Gasteiger partial charge on any atom is -0.491 e. The first-order valence-corrected chi connectivity index (χ1v) is 10.7. The first-order chi connectivity index (χ1) is 14.2. The fraction of sp³-hybridized carbons (Fsp3) is 0.182. The first kappa shape index (κ1) is 21.4. The molecule has 30 heavy (non-hydrogen) atoms. The van der Waals surface area contributed by atoms with E-state index >= 15 is 0 Å². The Labute approximate surface area is 174 Å². The summed E-state index contributed by atoms with van der Waals surface area (Å²) < 4.78 is 47.1. The van der Waals surface area contributed by atoms with Crippen molar-refractivity contribution in [2.24, 2.45) is 0 Å². The largest absolute Gasteiger partial charge is 0.491 e. The van der Waals surface area contributed by atoms with Crippen LogP contribution in [0.2, 0.25) is 0 Å². The highest BCUT2D eigenvalue weighted by atomic mass is 32.2. The van der Waals surface area contributed by atoms with Crippen LogP contribution in [0.3, 0.4) is 0 Å². The molecule has 0 saturated carbocycles. The van der Waals surface area contributed by atoms with E-state index in [1.165, 1.54) is 42.6 Å². The first-order valence-electron chi connectivity index (χ1n) is 9.22. The number of rotatable bonds is 7. The number of anilines is 1. The molecule has 0 unspecified atom stereocenters. The molecule has 0 atom stereocenters. The van der Waals surface area contributed by atoms with Crippen LogP contribution in [0.1, 0.15) is 35.3 Å². The molecule has 2 aromatic carbocycles. The van der Waals surface area contributed by atoms with Gasteiger partial charge >= 0.3 is 0 Å². The van der Waals surface area contributed by atoms with Gasteiger partial charge in [0.25, 0.3) is 10.0 Å². The van der Waals surface area contributed by atoms with E-state index in [0.29, 0.717) is 11.3 Å². The van der Waals surface area contributed by atoms with Gasteiger partial charge in [0.15, 0.2) is 11.6 Å². The molecule has 3 aromatic rings. The van der Waals surface area contributed by atoms with Gasteiger partial charge in [0.1, 0.15) is 11.6 Å². The number of nitrogens with zero attached hydrogens (tertiary/aromatic N) is 1. The van der Waals surface area contributed by atoms with Gasteiger partial charge in [-0.05, 0) is 68.8 Å². The maximum atomic E-state index is 13.5. The Kier molecular flexibility index (Phi) is 6.17. The molecule has 1 heterocycles. The number of ketones is 1. The number of aryl methyl sites for hydroxylation is 1. The molecular formula is C22H21FN2O4S. The molecule has 3 rings (SSSR count). The van der Waals surface area contributed by atoms with E-state index in [2.05, 4.69) is 9.71 Å². The summed E-state index contributed by atoms with van der Waals surface area (Å²) in [6.45, 7) is 5.46. The highest BCUT2D eigenvalue weighted by molar-refractivity contribution is 7.92. The van der Waals surface area contributed by atoms with Gasteiger partial charge in [0.2, 0.25) is 0 Å². The number of hydrogen-bond donors (Lipinski definition) is 1. The predicted octanol–water partition coefficient (Wildman–Crippen LogP) is 4.35.